The molecule has 0 aliphatic heterocycles. The summed E-state index contributed by atoms with van der Waals surface area (Å²) in [5.41, 5.74) is 3.60. The topological polar surface area (TPSA) is 63.6 Å². The van der Waals surface area contributed by atoms with Gasteiger partial charge in [0.05, 0.1) is 29.0 Å². The zero-order valence-corrected chi connectivity index (χ0v) is 10.5. The van der Waals surface area contributed by atoms with Gasteiger partial charge >= 0.3 is 0 Å². The van der Waals surface area contributed by atoms with Crippen molar-refractivity contribution in [2.45, 2.75) is 6.04 Å². The number of benzene rings is 1. The lowest BCUT2D eigenvalue weighted by Crippen LogP contribution is -2.19. The van der Waals surface area contributed by atoms with Gasteiger partial charge in [0.25, 0.3) is 0 Å². The Kier molecular flexibility index (Phi) is 3.12. The molecule has 1 N–H and O–H groups in total. The van der Waals surface area contributed by atoms with Crippen molar-refractivity contribution in [3.05, 3.63) is 60.4 Å². The summed E-state index contributed by atoms with van der Waals surface area (Å²) in [6.07, 6.45) is 6.87. The third-order valence-electron chi connectivity index (χ3n) is 2.97. The molecule has 1 unspecified atom stereocenters. The smallest absolute Gasteiger partial charge is 0.115 e. The lowest BCUT2D eigenvalue weighted by molar-refractivity contribution is 0.664. The quantitative estimate of drug-likeness (QED) is 0.768. The van der Waals surface area contributed by atoms with Crippen LogP contribution in [0.1, 0.15) is 17.3 Å². The molecule has 0 radical (unpaired) electrons. The first-order valence-electron chi connectivity index (χ1n) is 6.02. The van der Waals surface area contributed by atoms with Gasteiger partial charge in [-0.15, -0.1) is 0 Å². The number of hydrogen-bond donors (Lipinski definition) is 1. The van der Waals surface area contributed by atoms with E-state index in [0.29, 0.717) is 0 Å². The van der Waals surface area contributed by atoms with Crippen LogP contribution in [0.3, 0.4) is 0 Å². The first kappa shape index (κ1) is 11.7. The minimum Gasteiger partial charge on any atom is -0.308 e. The number of para-hydroxylation sites is 2. The van der Waals surface area contributed by atoms with Crippen LogP contribution in [0.2, 0.25) is 0 Å². The summed E-state index contributed by atoms with van der Waals surface area (Å²) in [7, 11) is 1.88. The lowest BCUT2D eigenvalue weighted by atomic mass is 10.1. The van der Waals surface area contributed by atoms with Crippen molar-refractivity contribution in [1.29, 1.82) is 0 Å². The predicted molar refractivity (Wildman–Crippen MR) is 72.5 cm³/mol. The van der Waals surface area contributed by atoms with E-state index in [1.807, 2.05) is 31.3 Å². The maximum Gasteiger partial charge on any atom is 0.115 e. The van der Waals surface area contributed by atoms with Crippen molar-refractivity contribution < 1.29 is 0 Å². The first-order chi connectivity index (χ1) is 9.38. The number of aromatic nitrogens is 4. The molecule has 1 aromatic carbocycles. The minimum atomic E-state index is -0.0571. The second-order valence-electron chi connectivity index (χ2n) is 4.18. The van der Waals surface area contributed by atoms with E-state index in [2.05, 4.69) is 25.3 Å². The Bertz CT molecular complexity index is 683. The van der Waals surface area contributed by atoms with Crippen LogP contribution in [0.25, 0.3) is 11.0 Å². The number of fused-ring (bicyclic) bond motifs is 1. The van der Waals surface area contributed by atoms with Crippen LogP contribution in [0, 0.1) is 0 Å². The van der Waals surface area contributed by atoms with Gasteiger partial charge < -0.3 is 5.32 Å². The van der Waals surface area contributed by atoms with Crippen molar-refractivity contribution in [2.24, 2.45) is 0 Å². The summed E-state index contributed by atoms with van der Waals surface area (Å²) in [5, 5.41) is 3.22. The third kappa shape index (κ3) is 2.28. The van der Waals surface area contributed by atoms with E-state index in [4.69, 9.17) is 0 Å². The number of rotatable bonds is 3. The average Bonchev–Trinajstić information content (AvgIpc) is 2.49. The van der Waals surface area contributed by atoms with Gasteiger partial charge in [0.1, 0.15) is 6.33 Å². The standard InChI is InChI=1S/C14H13N5/c1-15-14(10-6-16-9-17-7-10)13-8-18-11-4-2-3-5-12(11)19-13/h2-9,14-15H,1H3. The Morgan fingerprint density at radius 3 is 2.47 bits per heavy atom. The highest BCUT2D eigenvalue weighted by Gasteiger charge is 2.14. The van der Waals surface area contributed by atoms with E-state index in [0.717, 1.165) is 22.3 Å². The average molecular weight is 251 g/mol. The molecule has 2 heterocycles. The molecule has 5 heteroatoms. The first-order valence-corrected chi connectivity index (χ1v) is 6.02. The Hall–Kier alpha value is -2.40. The monoisotopic (exact) mass is 251 g/mol. The van der Waals surface area contributed by atoms with Gasteiger partial charge in [0.15, 0.2) is 0 Å². The summed E-state index contributed by atoms with van der Waals surface area (Å²) in [5.74, 6) is 0. The van der Waals surface area contributed by atoms with Crippen LogP contribution in [0.4, 0.5) is 0 Å². The summed E-state index contributed by atoms with van der Waals surface area (Å²) >= 11 is 0. The fourth-order valence-corrected chi connectivity index (χ4v) is 2.06. The normalized spacial score (nSPS) is 12.5. The van der Waals surface area contributed by atoms with E-state index in [1.54, 1.807) is 18.6 Å². The molecule has 3 aromatic rings. The third-order valence-corrected chi connectivity index (χ3v) is 2.97. The maximum atomic E-state index is 4.64. The lowest BCUT2D eigenvalue weighted by Gasteiger charge is -2.15. The van der Waals surface area contributed by atoms with Gasteiger partial charge in [0, 0.05) is 18.0 Å². The van der Waals surface area contributed by atoms with Crippen LogP contribution in [-0.4, -0.2) is 27.0 Å². The minimum absolute atomic E-state index is 0.0571. The Morgan fingerprint density at radius 2 is 1.74 bits per heavy atom. The molecule has 19 heavy (non-hydrogen) atoms. The number of hydrogen-bond acceptors (Lipinski definition) is 5. The van der Waals surface area contributed by atoms with Gasteiger partial charge in [-0.25, -0.2) is 15.0 Å². The molecule has 0 saturated heterocycles. The van der Waals surface area contributed by atoms with Crippen LogP contribution in [-0.2, 0) is 0 Å². The fourth-order valence-electron chi connectivity index (χ4n) is 2.06. The zero-order valence-electron chi connectivity index (χ0n) is 10.5. The molecule has 0 bridgehead atoms. The largest absolute Gasteiger partial charge is 0.308 e. The molecular weight excluding hydrogens is 238 g/mol. The summed E-state index contributed by atoms with van der Waals surface area (Å²) in [6, 6.07) is 7.77. The highest BCUT2D eigenvalue weighted by molar-refractivity contribution is 5.73. The van der Waals surface area contributed by atoms with Gasteiger partial charge in [-0.05, 0) is 19.2 Å². The molecule has 0 saturated carbocycles. The van der Waals surface area contributed by atoms with Crippen LogP contribution >= 0.6 is 0 Å². The van der Waals surface area contributed by atoms with Crippen LogP contribution < -0.4 is 5.32 Å². The molecule has 0 amide bonds. The summed E-state index contributed by atoms with van der Waals surface area (Å²) in [4.78, 5) is 17.2. The van der Waals surface area contributed by atoms with E-state index in [-0.39, 0.29) is 6.04 Å². The zero-order chi connectivity index (χ0) is 13.1. The van der Waals surface area contributed by atoms with E-state index in [9.17, 15) is 0 Å². The van der Waals surface area contributed by atoms with E-state index < -0.39 is 0 Å². The highest BCUT2D eigenvalue weighted by Crippen LogP contribution is 2.19. The molecule has 1 atom stereocenters. The maximum absolute atomic E-state index is 4.64. The number of nitrogens with one attached hydrogen (secondary N) is 1. The van der Waals surface area contributed by atoms with E-state index >= 15 is 0 Å². The highest BCUT2D eigenvalue weighted by atomic mass is 14.9. The van der Waals surface area contributed by atoms with Crippen LogP contribution in [0.5, 0.6) is 0 Å². The van der Waals surface area contributed by atoms with Gasteiger partial charge in [0.2, 0.25) is 0 Å². The molecule has 0 aliphatic carbocycles. The Labute approximate surface area is 110 Å². The van der Waals surface area contributed by atoms with E-state index in [1.165, 1.54) is 6.33 Å². The second kappa shape index (κ2) is 5.07. The molecule has 5 nitrogen and oxygen atoms in total. The van der Waals surface area contributed by atoms with Crippen LogP contribution in [0.15, 0.2) is 49.2 Å². The number of nitrogens with zero attached hydrogens (tertiary/aromatic N) is 4. The molecule has 3 rings (SSSR count). The fraction of sp³-hybridized carbons (Fsp3) is 0.143. The Balaban J connectivity index is 2.06. The second-order valence-corrected chi connectivity index (χ2v) is 4.18. The molecule has 2 aromatic heterocycles. The van der Waals surface area contributed by atoms with Crippen molar-refractivity contribution in [3.63, 3.8) is 0 Å². The van der Waals surface area contributed by atoms with Gasteiger partial charge in [-0.1, -0.05) is 12.1 Å². The van der Waals surface area contributed by atoms with Crippen molar-refractivity contribution in [2.75, 3.05) is 7.05 Å². The molecule has 0 spiro atoms. The van der Waals surface area contributed by atoms with Gasteiger partial charge in [-0.2, -0.15) is 0 Å². The van der Waals surface area contributed by atoms with Crippen molar-refractivity contribution in [1.82, 2.24) is 25.3 Å². The predicted octanol–water partition coefficient (Wildman–Crippen LogP) is 1.73. The Morgan fingerprint density at radius 1 is 1.00 bits per heavy atom. The molecule has 94 valence electrons. The molecule has 0 fully saturated rings. The van der Waals surface area contributed by atoms with Gasteiger partial charge in [-0.3, -0.25) is 4.98 Å². The molecular formula is C14H13N5. The summed E-state index contributed by atoms with van der Waals surface area (Å²) in [6.45, 7) is 0. The SMILES string of the molecule is CNC(c1cncnc1)c1cnc2ccccc2n1. The summed E-state index contributed by atoms with van der Waals surface area (Å²) < 4.78 is 0. The van der Waals surface area contributed by atoms with Crippen molar-refractivity contribution >= 4 is 11.0 Å². The molecule has 0 aliphatic rings. The van der Waals surface area contributed by atoms with Crippen molar-refractivity contribution in [3.8, 4) is 0 Å².